The van der Waals surface area contributed by atoms with Crippen LogP contribution in [0.15, 0.2) is 11.6 Å². The predicted octanol–water partition coefficient (Wildman–Crippen LogP) is 2.96. The zero-order valence-corrected chi connectivity index (χ0v) is 8.55. The zero-order valence-electron chi connectivity index (χ0n) is 8.55. The number of hydrogen-bond donors (Lipinski definition) is 0. The molecule has 0 aromatic carbocycles. The van der Waals surface area contributed by atoms with Gasteiger partial charge in [-0.25, -0.2) is 0 Å². The van der Waals surface area contributed by atoms with Crippen LogP contribution in [0.4, 0.5) is 0 Å². The number of allylic oxidation sites excluding steroid dienone is 2. The van der Waals surface area contributed by atoms with Gasteiger partial charge in [-0.3, -0.25) is 0 Å². The molecule has 0 spiro atoms. The first-order valence-electron chi connectivity index (χ1n) is 5.34. The van der Waals surface area contributed by atoms with E-state index in [2.05, 4.69) is 19.9 Å². The third-order valence-electron chi connectivity index (χ3n) is 4.35. The highest BCUT2D eigenvalue weighted by Gasteiger charge is 2.46. The molecule has 1 saturated carbocycles. The standard InChI is InChI=1S/C12H18O/c1-9-4-3-5-10-6-7-11(8-13)12(9,10)2/h6,8-9,11H,3-5,7H2,1-2H3. The minimum atomic E-state index is 0.208. The van der Waals surface area contributed by atoms with Crippen LogP contribution in [-0.2, 0) is 4.79 Å². The minimum absolute atomic E-state index is 0.208. The van der Waals surface area contributed by atoms with Gasteiger partial charge < -0.3 is 4.79 Å². The highest BCUT2D eigenvalue weighted by Crippen LogP contribution is 2.54. The maximum Gasteiger partial charge on any atom is 0.124 e. The van der Waals surface area contributed by atoms with Gasteiger partial charge in [-0.2, -0.15) is 0 Å². The average Bonchev–Trinajstić information content (AvgIpc) is 2.45. The van der Waals surface area contributed by atoms with Gasteiger partial charge in [-0.1, -0.05) is 25.5 Å². The summed E-state index contributed by atoms with van der Waals surface area (Å²) in [6, 6.07) is 0. The molecular weight excluding hydrogens is 160 g/mol. The number of carbonyl (C=O) groups is 1. The molecule has 72 valence electrons. The number of rotatable bonds is 1. The van der Waals surface area contributed by atoms with E-state index in [1.807, 2.05) is 0 Å². The van der Waals surface area contributed by atoms with Crippen molar-refractivity contribution in [3.05, 3.63) is 11.6 Å². The Morgan fingerprint density at radius 3 is 3.08 bits per heavy atom. The van der Waals surface area contributed by atoms with Gasteiger partial charge in [0.1, 0.15) is 6.29 Å². The second-order valence-electron chi connectivity index (χ2n) is 4.78. The van der Waals surface area contributed by atoms with Crippen molar-refractivity contribution >= 4 is 6.29 Å². The quantitative estimate of drug-likeness (QED) is 0.445. The lowest BCUT2D eigenvalue weighted by molar-refractivity contribution is -0.114. The van der Waals surface area contributed by atoms with Crippen molar-refractivity contribution in [1.29, 1.82) is 0 Å². The first-order valence-corrected chi connectivity index (χ1v) is 5.34. The maximum absolute atomic E-state index is 11.0. The summed E-state index contributed by atoms with van der Waals surface area (Å²) in [5, 5.41) is 0. The molecule has 0 amide bonds. The highest BCUT2D eigenvalue weighted by atomic mass is 16.1. The Morgan fingerprint density at radius 1 is 1.62 bits per heavy atom. The molecule has 0 N–H and O–H groups in total. The SMILES string of the molecule is CC1CCCC2=CCC(C=O)C21C. The van der Waals surface area contributed by atoms with E-state index >= 15 is 0 Å². The zero-order chi connectivity index (χ0) is 9.47. The molecule has 1 heteroatoms. The minimum Gasteiger partial charge on any atom is -0.303 e. The summed E-state index contributed by atoms with van der Waals surface area (Å²) in [5.74, 6) is 0.947. The lowest BCUT2D eigenvalue weighted by Gasteiger charge is -2.42. The van der Waals surface area contributed by atoms with E-state index in [0.29, 0.717) is 5.92 Å². The third kappa shape index (κ3) is 1.09. The van der Waals surface area contributed by atoms with Gasteiger partial charge in [-0.05, 0) is 31.6 Å². The summed E-state index contributed by atoms with van der Waals surface area (Å²) in [4.78, 5) is 11.0. The van der Waals surface area contributed by atoms with Gasteiger partial charge in [0.05, 0.1) is 0 Å². The topological polar surface area (TPSA) is 17.1 Å². The molecular formula is C12H18O. The van der Waals surface area contributed by atoms with E-state index in [9.17, 15) is 4.79 Å². The molecule has 2 rings (SSSR count). The van der Waals surface area contributed by atoms with Crippen LogP contribution in [0.3, 0.4) is 0 Å². The van der Waals surface area contributed by atoms with Crippen molar-refractivity contribution in [1.82, 2.24) is 0 Å². The molecule has 2 aliphatic carbocycles. The van der Waals surface area contributed by atoms with E-state index in [1.54, 1.807) is 5.57 Å². The van der Waals surface area contributed by atoms with Crippen molar-refractivity contribution in [3.63, 3.8) is 0 Å². The van der Waals surface area contributed by atoms with Gasteiger partial charge in [0, 0.05) is 11.3 Å². The predicted molar refractivity (Wildman–Crippen MR) is 53.4 cm³/mol. The third-order valence-corrected chi connectivity index (χ3v) is 4.35. The van der Waals surface area contributed by atoms with Crippen LogP contribution in [0.2, 0.25) is 0 Å². The molecule has 1 fully saturated rings. The molecule has 1 nitrogen and oxygen atoms in total. The van der Waals surface area contributed by atoms with Gasteiger partial charge >= 0.3 is 0 Å². The van der Waals surface area contributed by atoms with Crippen LogP contribution < -0.4 is 0 Å². The van der Waals surface area contributed by atoms with Crippen molar-refractivity contribution in [2.24, 2.45) is 17.3 Å². The Kier molecular flexibility index (Phi) is 2.05. The molecule has 3 unspecified atom stereocenters. The van der Waals surface area contributed by atoms with E-state index in [0.717, 1.165) is 6.42 Å². The second kappa shape index (κ2) is 2.97. The number of aldehydes is 1. The van der Waals surface area contributed by atoms with Gasteiger partial charge in [-0.15, -0.1) is 0 Å². The molecule has 0 aliphatic heterocycles. The van der Waals surface area contributed by atoms with Gasteiger partial charge in [0.2, 0.25) is 0 Å². The number of carbonyl (C=O) groups excluding carboxylic acids is 1. The highest BCUT2D eigenvalue weighted by molar-refractivity contribution is 5.59. The Balaban J connectivity index is 2.33. The lowest BCUT2D eigenvalue weighted by Crippen LogP contribution is -2.36. The van der Waals surface area contributed by atoms with Crippen LogP contribution in [0.5, 0.6) is 0 Å². The molecule has 0 aromatic heterocycles. The number of hydrogen-bond acceptors (Lipinski definition) is 1. The molecule has 0 radical (unpaired) electrons. The van der Waals surface area contributed by atoms with Crippen LogP contribution >= 0.6 is 0 Å². The average molecular weight is 178 g/mol. The Hall–Kier alpha value is -0.590. The van der Waals surface area contributed by atoms with E-state index in [1.165, 1.54) is 25.5 Å². The fourth-order valence-corrected chi connectivity index (χ4v) is 3.12. The smallest absolute Gasteiger partial charge is 0.124 e. The van der Waals surface area contributed by atoms with Crippen molar-refractivity contribution < 1.29 is 4.79 Å². The normalized spacial score (nSPS) is 44.0. The van der Waals surface area contributed by atoms with Crippen LogP contribution in [0.1, 0.15) is 39.5 Å². The van der Waals surface area contributed by atoms with Crippen molar-refractivity contribution in [3.8, 4) is 0 Å². The Bertz CT molecular complexity index is 254. The number of fused-ring (bicyclic) bond motifs is 1. The van der Waals surface area contributed by atoms with Crippen molar-refractivity contribution in [2.75, 3.05) is 0 Å². The first kappa shape index (κ1) is 8.98. The fourth-order valence-electron chi connectivity index (χ4n) is 3.12. The van der Waals surface area contributed by atoms with E-state index in [-0.39, 0.29) is 11.3 Å². The summed E-state index contributed by atoms with van der Waals surface area (Å²) in [5.41, 5.74) is 1.77. The molecule has 0 saturated heterocycles. The maximum atomic E-state index is 11.0. The second-order valence-corrected chi connectivity index (χ2v) is 4.78. The summed E-state index contributed by atoms with van der Waals surface area (Å²) in [6.45, 7) is 4.59. The molecule has 0 aromatic rings. The van der Waals surface area contributed by atoms with E-state index in [4.69, 9.17) is 0 Å². The lowest BCUT2D eigenvalue weighted by atomic mass is 9.62. The first-order chi connectivity index (χ1) is 6.19. The van der Waals surface area contributed by atoms with Gasteiger partial charge in [0.15, 0.2) is 0 Å². The van der Waals surface area contributed by atoms with Crippen LogP contribution in [-0.4, -0.2) is 6.29 Å². The monoisotopic (exact) mass is 178 g/mol. The van der Waals surface area contributed by atoms with Crippen LogP contribution in [0, 0.1) is 17.3 Å². The molecule has 0 heterocycles. The summed E-state index contributed by atoms with van der Waals surface area (Å²) < 4.78 is 0. The summed E-state index contributed by atoms with van der Waals surface area (Å²) in [6.07, 6.45) is 8.30. The molecule has 13 heavy (non-hydrogen) atoms. The van der Waals surface area contributed by atoms with Crippen LogP contribution in [0.25, 0.3) is 0 Å². The van der Waals surface area contributed by atoms with Crippen molar-refractivity contribution in [2.45, 2.75) is 39.5 Å². The Morgan fingerprint density at radius 2 is 2.38 bits per heavy atom. The molecule has 3 atom stereocenters. The summed E-state index contributed by atoms with van der Waals surface area (Å²) in [7, 11) is 0. The van der Waals surface area contributed by atoms with Gasteiger partial charge in [0.25, 0.3) is 0 Å². The Labute approximate surface area is 80.2 Å². The molecule has 0 bridgehead atoms. The fraction of sp³-hybridized carbons (Fsp3) is 0.750. The van der Waals surface area contributed by atoms with E-state index < -0.39 is 0 Å². The molecule has 2 aliphatic rings. The summed E-state index contributed by atoms with van der Waals surface area (Å²) >= 11 is 0. The largest absolute Gasteiger partial charge is 0.303 e.